The van der Waals surface area contributed by atoms with E-state index in [2.05, 4.69) is 5.32 Å². The summed E-state index contributed by atoms with van der Waals surface area (Å²) in [6.45, 7) is 2.10. The van der Waals surface area contributed by atoms with E-state index in [1.807, 2.05) is 7.05 Å². The monoisotopic (exact) mass is 118 g/mol. The summed E-state index contributed by atoms with van der Waals surface area (Å²) in [7, 11) is 1.85. The molecule has 0 saturated carbocycles. The quantitative estimate of drug-likeness (QED) is 0.379. The highest BCUT2D eigenvalue weighted by Gasteiger charge is 1.81. The highest BCUT2D eigenvalue weighted by atomic mass is 16.5. The van der Waals surface area contributed by atoms with E-state index in [4.69, 9.17) is 10.5 Å². The minimum atomic E-state index is 0.625. The highest BCUT2D eigenvalue weighted by Crippen LogP contribution is 1.74. The van der Waals surface area contributed by atoms with Crippen LogP contribution in [0.5, 0.6) is 0 Å². The first-order chi connectivity index (χ1) is 3.91. The van der Waals surface area contributed by atoms with Crippen molar-refractivity contribution in [3.63, 3.8) is 0 Å². The van der Waals surface area contributed by atoms with Gasteiger partial charge in [-0.15, -0.1) is 0 Å². The lowest BCUT2D eigenvalue weighted by molar-refractivity contribution is 0.121. The second-order valence-electron chi connectivity index (χ2n) is 1.55. The minimum absolute atomic E-state index is 0.625. The maximum absolute atomic E-state index is 5.21. The minimum Gasteiger partial charge on any atom is -0.366 e. The summed E-state index contributed by atoms with van der Waals surface area (Å²) < 4.78 is 5.03. The fraction of sp³-hybridized carbons (Fsp3) is 1.00. The second kappa shape index (κ2) is 6.88. The smallest absolute Gasteiger partial charge is 0.0962 e. The van der Waals surface area contributed by atoms with E-state index in [1.165, 1.54) is 0 Å². The molecule has 0 spiro atoms. The molecule has 0 aliphatic carbocycles. The van der Waals surface area contributed by atoms with E-state index in [0.717, 1.165) is 13.0 Å². The number of nitrogens with one attached hydrogen (secondary N) is 1. The fourth-order valence-corrected chi connectivity index (χ4v) is 0.360. The summed E-state index contributed by atoms with van der Waals surface area (Å²) >= 11 is 0. The van der Waals surface area contributed by atoms with Crippen molar-refractivity contribution in [1.82, 2.24) is 5.32 Å². The molecule has 0 aromatic heterocycles. The van der Waals surface area contributed by atoms with Crippen molar-refractivity contribution in [2.45, 2.75) is 6.42 Å². The van der Waals surface area contributed by atoms with E-state index < -0.39 is 0 Å². The predicted molar refractivity (Wildman–Crippen MR) is 33.6 cm³/mol. The number of ether oxygens (including phenoxy) is 1. The van der Waals surface area contributed by atoms with Crippen LogP contribution in [-0.2, 0) is 4.74 Å². The van der Waals surface area contributed by atoms with Crippen molar-refractivity contribution in [3.8, 4) is 0 Å². The summed E-state index contributed by atoms with van der Waals surface area (Å²) in [5.41, 5.74) is 5.21. The summed E-state index contributed by atoms with van der Waals surface area (Å²) in [6.07, 6.45) is 0.946. The lowest BCUT2D eigenvalue weighted by Crippen LogP contribution is -2.13. The Balaban J connectivity index is 2.53. The van der Waals surface area contributed by atoms with Gasteiger partial charge in [0.2, 0.25) is 0 Å². The molecule has 0 aliphatic heterocycles. The van der Waals surface area contributed by atoms with Crippen LogP contribution >= 0.6 is 0 Å². The SMILES string of the molecule is CNCOCCCN. The summed E-state index contributed by atoms with van der Waals surface area (Å²) in [4.78, 5) is 0. The molecule has 0 unspecified atom stereocenters. The van der Waals surface area contributed by atoms with Gasteiger partial charge in [0.1, 0.15) is 0 Å². The predicted octanol–water partition coefficient (Wildman–Crippen LogP) is -0.471. The van der Waals surface area contributed by atoms with Gasteiger partial charge in [0.25, 0.3) is 0 Å². The van der Waals surface area contributed by atoms with Gasteiger partial charge in [-0.2, -0.15) is 0 Å². The first-order valence-electron chi connectivity index (χ1n) is 2.84. The number of nitrogens with two attached hydrogens (primary N) is 1. The fourth-order valence-electron chi connectivity index (χ4n) is 0.360. The molecular weight excluding hydrogens is 104 g/mol. The Hall–Kier alpha value is -0.120. The molecule has 0 heterocycles. The van der Waals surface area contributed by atoms with Crippen LogP contribution in [0.1, 0.15) is 6.42 Å². The molecule has 0 rings (SSSR count). The summed E-state index contributed by atoms with van der Waals surface area (Å²) in [6, 6.07) is 0. The molecule has 0 atom stereocenters. The van der Waals surface area contributed by atoms with Crippen LogP contribution < -0.4 is 11.1 Å². The molecule has 0 aromatic carbocycles. The molecule has 0 aromatic rings. The zero-order chi connectivity index (χ0) is 6.24. The van der Waals surface area contributed by atoms with Gasteiger partial charge in [-0.3, -0.25) is 5.32 Å². The maximum atomic E-state index is 5.21. The molecule has 3 N–H and O–H groups in total. The van der Waals surface area contributed by atoms with Crippen LogP contribution in [0.2, 0.25) is 0 Å². The van der Waals surface area contributed by atoms with Gasteiger partial charge in [-0.1, -0.05) is 0 Å². The molecule has 50 valence electrons. The Kier molecular flexibility index (Phi) is 6.78. The maximum Gasteiger partial charge on any atom is 0.0962 e. The molecule has 0 radical (unpaired) electrons. The summed E-state index contributed by atoms with van der Waals surface area (Å²) in [5.74, 6) is 0. The third kappa shape index (κ3) is 5.88. The van der Waals surface area contributed by atoms with Gasteiger partial charge in [-0.05, 0) is 20.0 Å². The molecule has 0 aliphatic rings. The second-order valence-corrected chi connectivity index (χ2v) is 1.55. The van der Waals surface area contributed by atoms with E-state index in [0.29, 0.717) is 13.3 Å². The average Bonchev–Trinajstić information content (AvgIpc) is 1.81. The van der Waals surface area contributed by atoms with Crippen molar-refractivity contribution in [2.75, 3.05) is 26.9 Å². The molecule has 0 bridgehead atoms. The molecular formula is C5H14N2O. The van der Waals surface area contributed by atoms with Crippen molar-refractivity contribution in [2.24, 2.45) is 5.73 Å². The topological polar surface area (TPSA) is 47.3 Å². The Morgan fingerprint density at radius 3 is 2.88 bits per heavy atom. The van der Waals surface area contributed by atoms with Crippen molar-refractivity contribution in [1.29, 1.82) is 0 Å². The molecule has 3 heteroatoms. The molecule has 0 fully saturated rings. The zero-order valence-electron chi connectivity index (χ0n) is 5.31. The van der Waals surface area contributed by atoms with E-state index in [9.17, 15) is 0 Å². The van der Waals surface area contributed by atoms with Crippen LogP contribution in [0.4, 0.5) is 0 Å². The number of rotatable bonds is 5. The van der Waals surface area contributed by atoms with Crippen LogP contribution in [0.3, 0.4) is 0 Å². The Morgan fingerprint density at radius 2 is 2.38 bits per heavy atom. The van der Waals surface area contributed by atoms with Gasteiger partial charge < -0.3 is 10.5 Å². The van der Waals surface area contributed by atoms with Crippen LogP contribution in [0.15, 0.2) is 0 Å². The third-order valence-electron chi connectivity index (χ3n) is 0.739. The standard InChI is InChI=1S/C5H14N2O/c1-7-5-8-4-2-3-6/h7H,2-6H2,1H3. The normalized spacial score (nSPS) is 9.75. The highest BCUT2D eigenvalue weighted by molar-refractivity contribution is 4.33. The largest absolute Gasteiger partial charge is 0.366 e. The average molecular weight is 118 g/mol. The summed E-state index contributed by atoms with van der Waals surface area (Å²) in [5, 5.41) is 2.86. The van der Waals surface area contributed by atoms with Crippen molar-refractivity contribution >= 4 is 0 Å². The van der Waals surface area contributed by atoms with Crippen LogP contribution in [0.25, 0.3) is 0 Å². The van der Waals surface area contributed by atoms with Gasteiger partial charge in [0.05, 0.1) is 6.73 Å². The Morgan fingerprint density at radius 1 is 1.62 bits per heavy atom. The van der Waals surface area contributed by atoms with Crippen LogP contribution in [-0.4, -0.2) is 26.9 Å². The van der Waals surface area contributed by atoms with E-state index in [1.54, 1.807) is 0 Å². The van der Waals surface area contributed by atoms with Crippen molar-refractivity contribution in [3.05, 3.63) is 0 Å². The molecule has 0 saturated heterocycles. The Labute approximate surface area is 50.2 Å². The van der Waals surface area contributed by atoms with Gasteiger partial charge in [-0.25, -0.2) is 0 Å². The molecule has 3 nitrogen and oxygen atoms in total. The van der Waals surface area contributed by atoms with Gasteiger partial charge >= 0.3 is 0 Å². The molecule has 0 amide bonds. The van der Waals surface area contributed by atoms with E-state index >= 15 is 0 Å². The third-order valence-corrected chi connectivity index (χ3v) is 0.739. The lowest BCUT2D eigenvalue weighted by atomic mass is 10.5. The number of hydrogen-bond acceptors (Lipinski definition) is 3. The van der Waals surface area contributed by atoms with Crippen molar-refractivity contribution < 1.29 is 4.74 Å². The zero-order valence-corrected chi connectivity index (χ0v) is 5.31. The first-order valence-corrected chi connectivity index (χ1v) is 2.84. The van der Waals surface area contributed by atoms with Gasteiger partial charge in [0, 0.05) is 6.61 Å². The van der Waals surface area contributed by atoms with Crippen LogP contribution in [0, 0.1) is 0 Å². The Bertz CT molecular complexity index is 35.4. The molecule has 8 heavy (non-hydrogen) atoms. The first kappa shape index (κ1) is 7.88. The van der Waals surface area contributed by atoms with Gasteiger partial charge in [0.15, 0.2) is 0 Å². The number of hydrogen-bond donors (Lipinski definition) is 2. The van der Waals surface area contributed by atoms with E-state index in [-0.39, 0.29) is 0 Å². The lowest BCUT2D eigenvalue weighted by Gasteiger charge is -1.99.